The molecule has 106 valence electrons. The van der Waals surface area contributed by atoms with E-state index in [4.69, 9.17) is 0 Å². The van der Waals surface area contributed by atoms with E-state index in [0.29, 0.717) is 0 Å². The molecule has 0 saturated carbocycles. The Balaban J connectivity index is 1.54. The quantitative estimate of drug-likeness (QED) is 0.694. The molecule has 4 rings (SSSR count). The van der Waals surface area contributed by atoms with E-state index in [0.717, 1.165) is 43.3 Å². The number of anilines is 2. The maximum absolute atomic E-state index is 4.52. The maximum Gasteiger partial charge on any atom is 0.154 e. The fourth-order valence-electron chi connectivity index (χ4n) is 2.71. The lowest BCUT2D eigenvalue weighted by atomic mass is 10.3. The molecule has 0 aromatic carbocycles. The molecule has 4 heterocycles. The Morgan fingerprint density at radius 3 is 2.52 bits per heavy atom. The molecule has 21 heavy (non-hydrogen) atoms. The van der Waals surface area contributed by atoms with E-state index in [9.17, 15) is 0 Å². The lowest BCUT2D eigenvalue weighted by molar-refractivity contribution is 0.641. The van der Waals surface area contributed by atoms with Crippen LogP contribution in [0.25, 0.3) is 5.52 Å². The summed E-state index contributed by atoms with van der Waals surface area (Å²) < 4.78 is 1.86. The lowest BCUT2D eigenvalue weighted by Crippen LogP contribution is -2.47. The van der Waals surface area contributed by atoms with Crippen LogP contribution in [0.15, 0.2) is 43.2 Å². The van der Waals surface area contributed by atoms with Crippen molar-refractivity contribution in [3.05, 3.63) is 43.2 Å². The Hall–Kier alpha value is -2.70. The first-order chi connectivity index (χ1) is 10.4. The molecule has 3 aromatic heterocycles. The molecular formula is C14H15N7. The summed E-state index contributed by atoms with van der Waals surface area (Å²) in [6.45, 7) is 3.69. The van der Waals surface area contributed by atoms with Gasteiger partial charge < -0.3 is 9.80 Å². The summed E-state index contributed by atoms with van der Waals surface area (Å²) in [5.74, 6) is 1.98. The highest BCUT2D eigenvalue weighted by molar-refractivity contribution is 5.68. The first-order valence-corrected chi connectivity index (χ1v) is 6.96. The zero-order valence-electron chi connectivity index (χ0n) is 11.5. The van der Waals surface area contributed by atoms with Gasteiger partial charge in [-0.15, -0.1) is 0 Å². The molecule has 0 bridgehead atoms. The third-order valence-corrected chi connectivity index (χ3v) is 3.77. The second kappa shape index (κ2) is 5.01. The van der Waals surface area contributed by atoms with Gasteiger partial charge in [0.2, 0.25) is 0 Å². The van der Waals surface area contributed by atoms with E-state index in [1.54, 1.807) is 24.9 Å². The highest BCUT2D eigenvalue weighted by Crippen LogP contribution is 2.21. The Kier molecular flexibility index (Phi) is 2.88. The smallest absolute Gasteiger partial charge is 0.154 e. The molecule has 0 aliphatic carbocycles. The van der Waals surface area contributed by atoms with Crippen molar-refractivity contribution in [2.24, 2.45) is 0 Å². The summed E-state index contributed by atoms with van der Waals surface area (Å²) in [5, 5.41) is 4.26. The minimum Gasteiger partial charge on any atom is -0.353 e. The van der Waals surface area contributed by atoms with Gasteiger partial charge in [-0.2, -0.15) is 5.10 Å². The molecule has 1 aliphatic rings. The van der Waals surface area contributed by atoms with Gasteiger partial charge in [0.1, 0.15) is 17.7 Å². The SMILES string of the molecule is c1cc(N2CCN(c3nccn4nccc34)CC2)ncn1. The normalized spacial score (nSPS) is 15.6. The van der Waals surface area contributed by atoms with Crippen molar-refractivity contribution in [2.45, 2.75) is 0 Å². The molecule has 1 fully saturated rings. The highest BCUT2D eigenvalue weighted by atomic mass is 15.3. The standard InChI is InChI=1S/C14H15N7/c1-4-18-21-6-5-16-14(12(1)21)20-9-7-19(8-10-20)13-2-3-15-11-17-13/h1-6,11H,7-10H2. The molecule has 3 aromatic rings. The van der Waals surface area contributed by atoms with E-state index >= 15 is 0 Å². The maximum atomic E-state index is 4.52. The number of nitrogens with zero attached hydrogens (tertiary/aromatic N) is 7. The molecule has 0 atom stereocenters. The van der Waals surface area contributed by atoms with Crippen molar-refractivity contribution in [1.29, 1.82) is 0 Å². The van der Waals surface area contributed by atoms with Crippen LogP contribution in [-0.2, 0) is 0 Å². The first kappa shape index (κ1) is 12.1. The van der Waals surface area contributed by atoms with Crippen molar-refractivity contribution < 1.29 is 0 Å². The second-order valence-corrected chi connectivity index (χ2v) is 4.95. The third-order valence-electron chi connectivity index (χ3n) is 3.77. The molecule has 0 radical (unpaired) electrons. The predicted molar refractivity (Wildman–Crippen MR) is 79.4 cm³/mol. The number of hydrogen-bond donors (Lipinski definition) is 0. The van der Waals surface area contributed by atoms with Crippen LogP contribution in [0.4, 0.5) is 11.6 Å². The molecule has 0 spiro atoms. The molecular weight excluding hydrogens is 266 g/mol. The van der Waals surface area contributed by atoms with Crippen LogP contribution in [-0.4, -0.2) is 50.7 Å². The van der Waals surface area contributed by atoms with Crippen molar-refractivity contribution >= 4 is 17.2 Å². The summed E-state index contributed by atoms with van der Waals surface area (Å²) in [4.78, 5) is 17.4. The zero-order valence-corrected chi connectivity index (χ0v) is 11.5. The molecule has 0 amide bonds. The van der Waals surface area contributed by atoms with Crippen LogP contribution in [0.2, 0.25) is 0 Å². The largest absolute Gasteiger partial charge is 0.353 e. The van der Waals surface area contributed by atoms with Crippen LogP contribution < -0.4 is 9.80 Å². The van der Waals surface area contributed by atoms with E-state index in [-0.39, 0.29) is 0 Å². The summed E-state index contributed by atoms with van der Waals surface area (Å²) in [6.07, 6.45) is 8.85. The number of fused-ring (bicyclic) bond motifs is 1. The minimum absolute atomic E-state index is 0.919. The van der Waals surface area contributed by atoms with Gasteiger partial charge in [0.15, 0.2) is 5.82 Å². The average molecular weight is 281 g/mol. The highest BCUT2D eigenvalue weighted by Gasteiger charge is 2.20. The summed E-state index contributed by atoms with van der Waals surface area (Å²) in [6, 6.07) is 3.95. The molecule has 7 heteroatoms. The van der Waals surface area contributed by atoms with Crippen LogP contribution in [0, 0.1) is 0 Å². The number of aromatic nitrogens is 5. The Bertz CT molecular complexity index is 731. The minimum atomic E-state index is 0.919. The van der Waals surface area contributed by atoms with Crippen LogP contribution in [0.1, 0.15) is 0 Å². The number of hydrogen-bond acceptors (Lipinski definition) is 6. The van der Waals surface area contributed by atoms with Gasteiger partial charge in [0.05, 0.1) is 6.20 Å². The van der Waals surface area contributed by atoms with Crippen LogP contribution in [0.5, 0.6) is 0 Å². The van der Waals surface area contributed by atoms with Crippen LogP contribution >= 0.6 is 0 Å². The Labute approximate surface area is 121 Å². The molecule has 0 N–H and O–H groups in total. The monoisotopic (exact) mass is 281 g/mol. The van der Waals surface area contributed by atoms with Crippen LogP contribution in [0.3, 0.4) is 0 Å². The van der Waals surface area contributed by atoms with Crippen molar-refractivity contribution in [1.82, 2.24) is 24.6 Å². The van der Waals surface area contributed by atoms with Gasteiger partial charge in [-0.3, -0.25) is 0 Å². The van der Waals surface area contributed by atoms with E-state index < -0.39 is 0 Å². The van der Waals surface area contributed by atoms with Gasteiger partial charge in [0, 0.05) is 44.8 Å². The van der Waals surface area contributed by atoms with Gasteiger partial charge in [-0.1, -0.05) is 0 Å². The topological polar surface area (TPSA) is 62.5 Å². The van der Waals surface area contributed by atoms with Gasteiger partial charge in [-0.25, -0.2) is 19.5 Å². The fourth-order valence-corrected chi connectivity index (χ4v) is 2.71. The van der Waals surface area contributed by atoms with E-state index in [2.05, 4.69) is 29.9 Å². The van der Waals surface area contributed by atoms with Gasteiger partial charge in [0.25, 0.3) is 0 Å². The Morgan fingerprint density at radius 1 is 0.857 bits per heavy atom. The van der Waals surface area contributed by atoms with Gasteiger partial charge in [-0.05, 0) is 12.1 Å². The van der Waals surface area contributed by atoms with Gasteiger partial charge >= 0.3 is 0 Å². The number of rotatable bonds is 2. The van der Waals surface area contributed by atoms with Crippen molar-refractivity contribution in [2.75, 3.05) is 36.0 Å². The summed E-state index contributed by atoms with van der Waals surface area (Å²) in [5.41, 5.74) is 1.05. The lowest BCUT2D eigenvalue weighted by Gasteiger charge is -2.36. The molecule has 1 saturated heterocycles. The van der Waals surface area contributed by atoms with Crippen molar-refractivity contribution in [3.8, 4) is 0 Å². The Morgan fingerprint density at radius 2 is 1.71 bits per heavy atom. The molecule has 0 unspecified atom stereocenters. The zero-order chi connectivity index (χ0) is 14.1. The number of piperazine rings is 1. The van der Waals surface area contributed by atoms with Crippen molar-refractivity contribution in [3.63, 3.8) is 0 Å². The third kappa shape index (κ3) is 2.16. The predicted octanol–water partition coefficient (Wildman–Crippen LogP) is 0.846. The molecule has 7 nitrogen and oxygen atoms in total. The fraction of sp³-hybridized carbons (Fsp3) is 0.286. The summed E-state index contributed by atoms with van der Waals surface area (Å²) >= 11 is 0. The second-order valence-electron chi connectivity index (χ2n) is 4.95. The average Bonchev–Trinajstić information content (AvgIpc) is 3.04. The van der Waals surface area contributed by atoms with E-state index in [1.165, 1.54) is 0 Å². The molecule has 1 aliphatic heterocycles. The van der Waals surface area contributed by atoms with E-state index in [1.807, 2.05) is 22.8 Å². The first-order valence-electron chi connectivity index (χ1n) is 6.96. The summed E-state index contributed by atoms with van der Waals surface area (Å²) in [7, 11) is 0.